The Morgan fingerprint density at radius 2 is 2.36 bits per heavy atom. The number of carbonyl (C=O) groups is 1. The second kappa shape index (κ2) is 2.73. The van der Waals surface area contributed by atoms with Gasteiger partial charge in [0.1, 0.15) is 5.60 Å². The predicted octanol–water partition coefficient (Wildman–Crippen LogP) is 2.02. The third kappa shape index (κ3) is 1.00. The van der Waals surface area contributed by atoms with E-state index in [9.17, 15) is 4.79 Å². The van der Waals surface area contributed by atoms with E-state index < -0.39 is 0 Å². The lowest BCUT2D eigenvalue weighted by Crippen LogP contribution is -2.38. The molecule has 0 amide bonds. The minimum atomic E-state index is -0.314. The smallest absolute Gasteiger partial charge is 0.307 e. The summed E-state index contributed by atoms with van der Waals surface area (Å²) in [5.41, 5.74) is -0.425. The highest BCUT2D eigenvalue weighted by Gasteiger charge is 2.61. The van der Waals surface area contributed by atoms with Gasteiger partial charge in [-0.3, -0.25) is 4.79 Å². The van der Waals surface area contributed by atoms with Crippen molar-refractivity contribution in [1.82, 2.24) is 0 Å². The number of hydrogen-bond acceptors (Lipinski definition) is 3. The molecule has 0 N–H and O–H groups in total. The highest BCUT2D eigenvalue weighted by molar-refractivity contribution is 5.74. The number of nitriles is 1. The molecule has 76 valence electrons. The molecule has 1 aliphatic heterocycles. The Labute approximate surface area is 84.0 Å². The van der Waals surface area contributed by atoms with Gasteiger partial charge in [-0.25, -0.2) is 0 Å². The van der Waals surface area contributed by atoms with Gasteiger partial charge in [-0.05, 0) is 25.7 Å². The molecule has 2 fully saturated rings. The van der Waals surface area contributed by atoms with E-state index in [1.165, 1.54) is 0 Å². The van der Waals surface area contributed by atoms with Crippen LogP contribution in [0.2, 0.25) is 0 Å². The Bertz CT molecular complexity index is 320. The van der Waals surface area contributed by atoms with Gasteiger partial charge in [0.2, 0.25) is 0 Å². The Hall–Kier alpha value is -1.04. The number of carbonyl (C=O) groups excluding carboxylic acids is 1. The van der Waals surface area contributed by atoms with Gasteiger partial charge in [-0.15, -0.1) is 0 Å². The molecule has 0 aromatic rings. The van der Waals surface area contributed by atoms with Crippen LogP contribution in [0.25, 0.3) is 0 Å². The highest BCUT2D eigenvalue weighted by Crippen LogP contribution is 2.59. The number of rotatable bonds is 1. The third-order valence-corrected chi connectivity index (χ3v) is 4.27. The summed E-state index contributed by atoms with van der Waals surface area (Å²) in [5, 5.41) is 8.74. The molecule has 0 bridgehead atoms. The summed E-state index contributed by atoms with van der Waals surface area (Å²) in [6.45, 7) is 4.10. The molecule has 0 unspecified atom stereocenters. The van der Waals surface area contributed by atoms with Crippen molar-refractivity contribution in [3.05, 3.63) is 0 Å². The molecule has 0 radical (unpaired) electrons. The standard InChI is InChI=1S/C11H15NO2/c1-10-7-9(13)14-11(10,2)5-3-8(10)4-6-12/h8H,3-5,7H2,1-2H3/t8-,10+,11+/m1/s1. The molecule has 3 atom stereocenters. The van der Waals surface area contributed by atoms with E-state index >= 15 is 0 Å². The molecule has 0 aromatic heterocycles. The molecular weight excluding hydrogens is 178 g/mol. The van der Waals surface area contributed by atoms with Crippen LogP contribution in [-0.4, -0.2) is 11.6 Å². The van der Waals surface area contributed by atoms with Gasteiger partial charge >= 0.3 is 5.97 Å². The Kier molecular flexibility index (Phi) is 1.85. The van der Waals surface area contributed by atoms with Crippen molar-refractivity contribution in [2.24, 2.45) is 11.3 Å². The Balaban J connectivity index is 2.30. The second-order valence-electron chi connectivity index (χ2n) is 4.90. The molecule has 0 aromatic carbocycles. The molecule has 0 spiro atoms. The molecule has 1 aliphatic carbocycles. The summed E-state index contributed by atoms with van der Waals surface area (Å²) in [4.78, 5) is 11.3. The molecule has 3 nitrogen and oxygen atoms in total. The van der Waals surface area contributed by atoms with E-state index in [1.54, 1.807) is 0 Å². The average Bonchev–Trinajstić information content (AvgIpc) is 2.43. The van der Waals surface area contributed by atoms with Crippen LogP contribution in [0.4, 0.5) is 0 Å². The fraction of sp³-hybridized carbons (Fsp3) is 0.818. The Morgan fingerprint density at radius 1 is 1.64 bits per heavy atom. The molecule has 1 saturated carbocycles. The quantitative estimate of drug-likeness (QED) is 0.598. The molecule has 1 heterocycles. The number of esters is 1. The van der Waals surface area contributed by atoms with Crippen LogP contribution in [0.3, 0.4) is 0 Å². The highest BCUT2D eigenvalue weighted by atomic mass is 16.6. The number of fused-ring (bicyclic) bond motifs is 1. The molecule has 3 heteroatoms. The van der Waals surface area contributed by atoms with E-state index in [0.717, 1.165) is 12.8 Å². The van der Waals surface area contributed by atoms with Gasteiger partial charge in [0, 0.05) is 11.8 Å². The number of hydrogen-bond donors (Lipinski definition) is 0. The van der Waals surface area contributed by atoms with Crippen LogP contribution >= 0.6 is 0 Å². The first kappa shape index (κ1) is 9.51. The van der Waals surface area contributed by atoms with Gasteiger partial charge in [0.15, 0.2) is 0 Å². The predicted molar refractivity (Wildman–Crippen MR) is 50.2 cm³/mol. The lowest BCUT2D eigenvalue weighted by atomic mass is 9.70. The summed E-state index contributed by atoms with van der Waals surface area (Å²) in [6, 6.07) is 2.21. The van der Waals surface area contributed by atoms with E-state index in [1.807, 2.05) is 6.92 Å². The maximum absolute atomic E-state index is 11.3. The fourth-order valence-corrected chi connectivity index (χ4v) is 3.01. The SMILES string of the molecule is C[C@@]12CC(=O)O[C@@]1(C)CC[C@@H]2CC#N. The van der Waals surface area contributed by atoms with Crippen molar-refractivity contribution in [1.29, 1.82) is 5.26 Å². The fourth-order valence-electron chi connectivity index (χ4n) is 3.01. The normalized spacial score (nSPS) is 45.8. The lowest BCUT2D eigenvalue weighted by molar-refractivity contribution is -0.148. The first-order valence-corrected chi connectivity index (χ1v) is 5.11. The van der Waals surface area contributed by atoms with Crippen molar-refractivity contribution in [2.75, 3.05) is 0 Å². The molecule has 2 aliphatic rings. The van der Waals surface area contributed by atoms with Crippen molar-refractivity contribution >= 4 is 5.97 Å². The minimum Gasteiger partial charge on any atom is -0.459 e. The molecule has 1 saturated heterocycles. The molecule has 14 heavy (non-hydrogen) atoms. The van der Waals surface area contributed by atoms with Gasteiger partial charge < -0.3 is 4.74 Å². The van der Waals surface area contributed by atoms with E-state index in [4.69, 9.17) is 10.00 Å². The van der Waals surface area contributed by atoms with Crippen molar-refractivity contribution in [2.45, 2.75) is 45.1 Å². The molecule has 2 rings (SSSR count). The van der Waals surface area contributed by atoms with Crippen LogP contribution in [0.5, 0.6) is 0 Å². The van der Waals surface area contributed by atoms with Crippen LogP contribution in [0.1, 0.15) is 39.5 Å². The zero-order valence-electron chi connectivity index (χ0n) is 8.67. The summed E-state index contributed by atoms with van der Waals surface area (Å²) in [7, 11) is 0. The van der Waals surface area contributed by atoms with Crippen molar-refractivity contribution in [3.63, 3.8) is 0 Å². The molecular formula is C11H15NO2. The van der Waals surface area contributed by atoms with E-state index in [2.05, 4.69) is 13.0 Å². The zero-order chi connectivity index (χ0) is 10.4. The van der Waals surface area contributed by atoms with Crippen molar-refractivity contribution < 1.29 is 9.53 Å². The first-order chi connectivity index (χ1) is 6.52. The third-order valence-electron chi connectivity index (χ3n) is 4.27. The zero-order valence-corrected chi connectivity index (χ0v) is 8.67. The van der Waals surface area contributed by atoms with E-state index in [0.29, 0.717) is 18.8 Å². The number of ether oxygens (including phenoxy) is 1. The van der Waals surface area contributed by atoms with Crippen LogP contribution < -0.4 is 0 Å². The van der Waals surface area contributed by atoms with Crippen LogP contribution in [0.15, 0.2) is 0 Å². The largest absolute Gasteiger partial charge is 0.459 e. The Morgan fingerprint density at radius 3 is 3.00 bits per heavy atom. The lowest BCUT2D eigenvalue weighted by Gasteiger charge is -2.34. The van der Waals surface area contributed by atoms with Crippen LogP contribution in [-0.2, 0) is 9.53 Å². The van der Waals surface area contributed by atoms with Gasteiger partial charge in [0.05, 0.1) is 12.5 Å². The van der Waals surface area contributed by atoms with Crippen molar-refractivity contribution in [3.8, 4) is 6.07 Å². The average molecular weight is 193 g/mol. The van der Waals surface area contributed by atoms with Crippen LogP contribution in [0, 0.1) is 22.7 Å². The maximum atomic E-state index is 11.3. The monoisotopic (exact) mass is 193 g/mol. The van der Waals surface area contributed by atoms with Gasteiger partial charge in [-0.1, -0.05) is 6.92 Å². The second-order valence-corrected chi connectivity index (χ2v) is 4.90. The summed E-state index contributed by atoms with van der Waals surface area (Å²) >= 11 is 0. The van der Waals surface area contributed by atoms with Gasteiger partial charge in [-0.2, -0.15) is 5.26 Å². The van der Waals surface area contributed by atoms with Gasteiger partial charge in [0.25, 0.3) is 0 Å². The summed E-state index contributed by atoms with van der Waals surface area (Å²) < 4.78 is 5.40. The summed E-state index contributed by atoms with van der Waals surface area (Å²) in [5.74, 6) is 0.224. The summed E-state index contributed by atoms with van der Waals surface area (Å²) in [6.07, 6.45) is 2.94. The minimum absolute atomic E-state index is 0.0994. The first-order valence-electron chi connectivity index (χ1n) is 5.11. The topological polar surface area (TPSA) is 50.1 Å². The number of nitrogens with zero attached hydrogens (tertiary/aromatic N) is 1. The maximum Gasteiger partial charge on any atom is 0.307 e. The van der Waals surface area contributed by atoms with E-state index in [-0.39, 0.29) is 17.0 Å².